The van der Waals surface area contributed by atoms with Crippen LogP contribution in [-0.2, 0) is 0 Å². The van der Waals surface area contributed by atoms with Crippen LogP contribution in [0.25, 0.3) is 0 Å². The van der Waals surface area contributed by atoms with Gasteiger partial charge in [-0.3, -0.25) is 4.90 Å². The summed E-state index contributed by atoms with van der Waals surface area (Å²) in [6, 6.07) is 0. The van der Waals surface area contributed by atoms with Gasteiger partial charge in [0.2, 0.25) is 0 Å². The minimum absolute atomic E-state index is 0.291. The van der Waals surface area contributed by atoms with E-state index in [1.807, 2.05) is 0 Å². The van der Waals surface area contributed by atoms with E-state index in [4.69, 9.17) is 5.11 Å². The van der Waals surface area contributed by atoms with E-state index in [0.29, 0.717) is 6.61 Å². The number of allylic oxidation sites excluding steroid dienone is 2. The summed E-state index contributed by atoms with van der Waals surface area (Å²) >= 11 is 0. The van der Waals surface area contributed by atoms with Gasteiger partial charge in [0.05, 0.1) is 6.61 Å². The lowest BCUT2D eigenvalue weighted by Gasteiger charge is -2.35. The number of rotatable bonds is 7. The van der Waals surface area contributed by atoms with E-state index in [-0.39, 0.29) is 0 Å². The molecule has 0 aromatic carbocycles. The first-order valence-corrected chi connectivity index (χ1v) is 7.30. The van der Waals surface area contributed by atoms with E-state index in [1.54, 1.807) is 0 Å². The van der Waals surface area contributed by atoms with Crippen molar-refractivity contribution >= 4 is 0 Å². The smallest absolute Gasteiger partial charge is 0.0558 e. The first-order chi connectivity index (χ1) is 8.61. The summed E-state index contributed by atoms with van der Waals surface area (Å²) in [4.78, 5) is 4.92. The summed E-state index contributed by atoms with van der Waals surface area (Å²) in [6.07, 6.45) is 4.85. The lowest BCUT2D eigenvalue weighted by Crippen LogP contribution is -2.48. The fourth-order valence-corrected chi connectivity index (χ4v) is 2.53. The van der Waals surface area contributed by atoms with Gasteiger partial charge >= 0.3 is 0 Å². The van der Waals surface area contributed by atoms with Crippen molar-refractivity contribution in [3.63, 3.8) is 0 Å². The lowest BCUT2D eigenvalue weighted by atomic mass is 10.0. The number of β-amino-alcohol motifs (C(OH)–C–C–N with tert-alkyl or cyclic N) is 1. The highest BCUT2D eigenvalue weighted by Gasteiger charge is 2.17. The van der Waals surface area contributed by atoms with Crippen LogP contribution in [0.4, 0.5) is 0 Å². The molecule has 1 aliphatic rings. The van der Waals surface area contributed by atoms with Gasteiger partial charge in [0.1, 0.15) is 0 Å². The van der Waals surface area contributed by atoms with Crippen molar-refractivity contribution in [1.29, 1.82) is 0 Å². The molecule has 0 radical (unpaired) electrons. The molecule has 1 rings (SSSR count). The predicted molar refractivity (Wildman–Crippen MR) is 77.8 cm³/mol. The molecular weight excluding hydrogens is 224 g/mol. The molecule has 0 saturated carbocycles. The molecule has 0 amide bonds. The Kier molecular flexibility index (Phi) is 7.56. The maximum absolute atomic E-state index is 8.91. The van der Waals surface area contributed by atoms with Crippen LogP contribution in [0.5, 0.6) is 0 Å². The number of hydrogen-bond donors (Lipinski definition) is 1. The fraction of sp³-hybridized carbons (Fsp3) is 0.867. The third-order valence-electron chi connectivity index (χ3n) is 3.66. The van der Waals surface area contributed by atoms with Crippen molar-refractivity contribution in [1.82, 2.24) is 9.80 Å². The monoisotopic (exact) mass is 254 g/mol. The Hall–Kier alpha value is -0.380. The quantitative estimate of drug-likeness (QED) is 0.704. The Balaban J connectivity index is 2.14. The normalized spacial score (nSPS) is 19.8. The number of hydrogen-bond acceptors (Lipinski definition) is 3. The van der Waals surface area contributed by atoms with Gasteiger partial charge in [-0.05, 0) is 32.6 Å². The molecule has 3 heteroatoms. The molecule has 1 aliphatic heterocycles. The average Bonchev–Trinajstić information content (AvgIpc) is 2.31. The van der Waals surface area contributed by atoms with Crippen molar-refractivity contribution in [3.8, 4) is 0 Å². The number of aliphatic hydroxyl groups excluding tert-OH is 1. The molecule has 0 aliphatic carbocycles. The minimum atomic E-state index is 0.291. The molecule has 1 saturated heterocycles. The van der Waals surface area contributed by atoms with Crippen LogP contribution >= 0.6 is 0 Å². The summed E-state index contributed by atoms with van der Waals surface area (Å²) in [5, 5.41) is 8.91. The Morgan fingerprint density at radius 2 is 1.78 bits per heavy atom. The van der Waals surface area contributed by atoms with E-state index in [2.05, 4.69) is 36.6 Å². The Bertz CT molecular complexity index is 241. The molecule has 18 heavy (non-hydrogen) atoms. The second-order valence-corrected chi connectivity index (χ2v) is 5.83. The van der Waals surface area contributed by atoms with E-state index in [9.17, 15) is 0 Å². The van der Waals surface area contributed by atoms with Gasteiger partial charge in [-0.15, -0.1) is 0 Å². The summed E-state index contributed by atoms with van der Waals surface area (Å²) in [7, 11) is 0. The van der Waals surface area contributed by atoms with E-state index >= 15 is 0 Å². The van der Waals surface area contributed by atoms with Crippen LogP contribution in [0, 0.1) is 5.92 Å². The largest absolute Gasteiger partial charge is 0.395 e. The average molecular weight is 254 g/mol. The van der Waals surface area contributed by atoms with Gasteiger partial charge in [-0.1, -0.05) is 18.6 Å². The maximum Gasteiger partial charge on any atom is 0.0558 e. The molecule has 1 N–H and O–H groups in total. The van der Waals surface area contributed by atoms with Gasteiger partial charge < -0.3 is 10.0 Å². The Morgan fingerprint density at radius 3 is 2.33 bits per heavy atom. The summed E-state index contributed by atoms with van der Waals surface area (Å²) in [5.74, 6) is 0.782. The SMILES string of the molecule is CC(C)=CCC[C@@H](C)CN1CCN(CCO)CC1. The molecule has 0 spiro atoms. The van der Waals surface area contributed by atoms with Gasteiger partial charge in [-0.2, -0.15) is 0 Å². The molecule has 1 heterocycles. The van der Waals surface area contributed by atoms with E-state index in [1.165, 1.54) is 25.0 Å². The highest BCUT2D eigenvalue weighted by atomic mass is 16.3. The topological polar surface area (TPSA) is 26.7 Å². The van der Waals surface area contributed by atoms with Crippen LogP contribution in [-0.4, -0.2) is 60.8 Å². The van der Waals surface area contributed by atoms with Crippen molar-refractivity contribution in [2.24, 2.45) is 5.92 Å². The second-order valence-electron chi connectivity index (χ2n) is 5.83. The fourth-order valence-electron chi connectivity index (χ4n) is 2.53. The lowest BCUT2D eigenvalue weighted by molar-refractivity contribution is 0.102. The van der Waals surface area contributed by atoms with Crippen LogP contribution in [0.1, 0.15) is 33.6 Å². The second kappa shape index (κ2) is 8.68. The molecule has 0 unspecified atom stereocenters. The molecule has 0 aromatic heterocycles. The standard InChI is InChI=1S/C15H30N2O/c1-14(2)5-4-6-15(3)13-17-9-7-16(8-10-17)11-12-18/h5,15,18H,4,6-13H2,1-3H3/t15-/m1/s1. The first kappa shape index (κ1) is 15.7. The summed E-state index contributed by atoms with van der Waals surface area (Å²) in [6.45, 7) is 13.6. The third-order valence-corrected chi connectivity index (χ3v) is 3.66. The van der Waals surface area contributed by atoms with Crippen LogP contribution in [0.3, 0.4) is 0 Å². The number of aliphatic hydroxyl groups is 1. The summed E-state index contributed by atoms with van der Waals surface area (Å²) < 4.78 is 0. The highest BCUT2D eigenvalue weighted by Crippen LogP contribution is 2.11. The van der Waals surface area contributed by atoms with Gasteiger partial charge in [0.25, 0.3) is 0 Å². The predicted octanol–water partition coefficient (Wildman–Crippen LogP) is 1.98. The van der Waals surface area contributed by atoms with Gasteiger partial charge in [-0.25, -0.2) is 0 Å². The molecular formula is C15H30N2O. The Morgan fingerprint density at radius 1 is 1.17 bits per heavy atom. The van der Waals surface area contributed by atoms with Crippen LogP contribution in [0.15, 0.2) is 11.6 Å². The zero-order valence-corrected chi connectivity index (χ0v) is 12.4. The maximum atomic E-state index is 8.91. The van der Waals surface area contributed by atoms with Crippen molar-refractivity contribution in [2.75, 3.05) is 45.9 Å². The zero-order chi connectivity index (χ0) is 13.4. The molecule has 0 aromatic rings. The van der Waals surface area contributed by atoms with Crippen molar-refractivity contribution < 1.29 is 5.11 Å². The number of piperazine rings is 1. The first-order valence-electron chi connectivity index (χ1n) is 7.30. The third kappa shape index (κ3) is 6.53. The van der Waals surface area contributed by atoms with Crippen molar-refractivity contribution in [2.45, 2.75) is 33.6 Å². The van der Waals surface area contributed by atoms with E-state index < -0.39 is 0 Å². The van der Waals surface area contributed by atoms with Crippen LogP contribution < -0.4 is 0 Å². The molecule has 1 atom stereocenters. The van der Waals surface area contributed by atoms with Crippen molar-refractivity contribution in [3.05, 3.63) is 11.6 Å². The zero-order valence-electron chi connectivity index (χ0n) is 12.4. The highest BCUT2D eigenvalue weighted by molar-refractivity contribution is 4.92. The molecule has 0 bridgehead atoms. The summed E-state index contributed by atoms with van der Waals surface area (Å²) in [5.41, 5.74) is 1.43. The van der Waals surface area contributed by atoms with Gasteiger partial charge in [0.15, 0.2) is 0 Å². The number of nitrogens with zero attached hydrogens (tertiary/aromatic N) is 2. The molecule has 1 fully saturated rings. The van der Waals surface area contributed by atoms with E-state index in [0.717, 1.165) is 38.6 Å². The minimum Gasteiger partial charge on any atom is -0.395 e. The van der Waals surface area contributed by atoms with Crippen LogP contribution in [0.2, 0.25) is 0 Å². The van der Waals surface area contributed by atoms with Gasteiger partial charge in [0, 0.05) is 39.3 Å². The molecule has 106 valence electrons. The Labute approximate surface area is 112 Å². The molecule has 3 nitrogen and oxygen atoms in total.